The minimum absolute atomic E-state index is 0. The maximum Gasteiger partial charge on any atom is 0.120 e. The van der Waals surface area contributed by atoms with Crippen molar-refractivity contribution in [3.8, 4) is 50.6 Å². The van der Waals surface area contributed by atoms with E-state index in [9.17, 15) is 0 Å². The molecule has 0 saturated carbocycles. The van der Waals surface area contributed by atoms with E-state index in [2.05, 4.69) is 200 Å². The molecule has 0 aliphatic carbocycles. The summed E-state index contributed by atoms with van der Waals surface area (Å²) < 4.78 is 10.1. The molecule has 3 heterocycles. The summed E-state index contributed by atoms with van der Waals surface area (Å²) in [5.74, 6) is 8.83. The first kappa shape index (κ1) is 43.9. The monoisotopic (exact) mass is 1080 g/mol. The third-order valence-corrected chi connectivity index (χ3v) is 16.3. The van der Waals surface area contributed by atoms with Crippen LogP contribution in [0.1, 0.15) is 19.4 Å². The number of pyridine rings is 1. The van der Waals surface area contributed by atoms with Gasteiger partial charge in [-0.2, -0.15) is 0 Å². The Bertz CT molecular complexity index is 3370. The molecule has 0 bridgehead atoms. The molecule has 0 aliphatic heterocycles. The molecule has 0 saturated heterocycles. The van der Waals surface area contributed by atoms with E-state index < -0.39 is 13.3 Å². The van der Waals surface area contributed by atoms with Crippen molar-refractivity contribution in [2.45, 2.75) is 37.5 Å². The first-order valence-electron chi connectivity index (χ1n) is 22.2. The third-order valence-electron chi connectivity index (χ3n) is 11.9. The van der Waals surface area contributed by atoms with Crippen molar-refractivity contribution >= 4 is 61.4 Å². The van der Waals surface area contributed by atoms with Gasteiger partial charge in [-0.1, -0.05) is 133 Å². The molecule has 1 radical (unpaired) electrons. The molecule has 0 unspecified atom stereocenters. The van der Waals surface area contributed by atoms with E-state index in [0.717, 1.165) is 95.4 Å². The number of benzene rings is 8. The Kier molecular flexibility index (Phi) is 12.6. The van der Waals surface area contributed by atoms with E-state index in [4.69, 9.17) is 14.4 Å². The molecule has 4 nitrogen and oxygen atoms in total. The zero-order valence-corrected chi connectivity index (χ0v) is 41.8. The molecule has 0 amide bonds. The summed E-state index contributed by atoms with van der Waals surface area (Å²) in [6.45, 7) is 4.57. The van der Waals surface area contributed by atoms with Gasteiger partial charge < -0.3 is 8.98 Å². The van der Waals surface area contributed by atoms with Crippen LogP contribution in [0.25, 0.3) is 94.3 Å². The number of aromatic nitrogens is 3. The average Bonchev–Trinajstić information content (AvgIpc) is 3.91. The molecule has 11 aromatic rings. The standard InChI is InChI=1S/C41H25N2O.C18H24GeN.Ir/c1-3-12-27(13-4-1)31-19-11-20-32(28-14-5-2-6-15-28)39(31)43-40-33-17-8-7-16-29(33)22-24-36(40)42-41(43)30-23-25-38-35(26-30)34-18-9-10-21-37(34)44-38;1-14(2)11-16-12-18(15-9-7-6-8-10-15)20-13-17(16)19(3,4)5;/h1-22,24-26H;6-9,12-14H,11H2,1-5H3;/q2*-1;. The van der Waals surface area contributed by atoms with Gasteiger partial charge in [0, 0.05) is 42.0 Å². The van der Waals surface area contributed by atoms with E-state index in [-0.39, 0.29) is 20.1 Å². The molecule has 0 fully saturated rings. The molecule has 0 atom stereocenters. The molecular formula is C59H49GeIrN3O-2. The maximum atomic E-state index is 6.17. The van der Waals surface area contributed by atoms with Gasteiger partial charge in [0.25, 0.3) is 0 Å². The number of para-hydroxylation sites is 2. The summed E-state index contributed by atoms with van der Waals surface area (Å²) in [7, 11) is 0. The van der Waals surface area contributed by atoms with Gasteiger partial charge in [-0.25, -0.2) is 0 Å². The second-order valence-corrected chi connectivity index (χ2v) is 28.5. The first-order chi connectivity index (χ1) is 31.2. The van der Waals surface area contributed by atoms with E-state index in [1.807, 2.05) is 36.4 Å². The van der Waals surface area contributed by atoms with Crippen molar-refractivity contribution in [3.05, 3.63) is 206 Å². The van der Waals surface area contributed by atoms with Crippen molar-refractivity contribution in [3.63, 3.8) is 0 Å². The van der Waals surface area contributed by atoms with Crippen LogP contribution in [0.5, 0.6) is 0 Å². The Morgan fingerprint density at radius 1 is 0.615 bits per heavy atom. The number of furan rings is 1. The Morgan fingerprint density at radius 2 is 1.28 bits per heavy atom. The van der Waals surface area contributed by atoms with Gasteiger partial charge in [0.1, 0.15) is 5.58 Å². The van der Waals surface area contributed by atoms with Crippen LogP contribution < -0.4 is 4.40 Å². The van der Waals surface area contributed by atoms with E-state index in [1.54, 1.807) is 4.40 Å². The van der Waals surface area contributed by atoms with Gasteiger partial charge in [0.15, 0.2) is 0 Å². The van der Waals surface area contributed by atoms with Crippen LogP contribution >= 0.6 is 0 Å². The molecular weight excluding hydrogens is 1030 g/mol. The van der Waals surface area contributed by atoms with Gasteiger partial charge in [0.2, 0.25) is 0 Å². The second kappa shape index (κ2) is 18.6. The Labute approximate surface area is 397 Å². The molecule has 6 heteroatoms. The van der Waals surface area contributed by atoms with E-state index in [0.29, 0.717) is 5.92 Å². The number of hydrogen-bond donors (Lipinski definition) is 0. The fraction of sp³-hybridized carbons (Fsp3) is 0.119. The smallest absolute Gasteiger partial charge is 0.120 e. The quantitative estimate of drug-likeness (QED) is 0.112. The maximum absolute atomic E-state index is 6.17. The van der Waals surface area contributed by atoms with Crippen LogP contribution in [0.4, 0.5) is 0 Å². The molecule has 65 heavy (non-hydrogen) atoms. The molecule has 0 spiro atoms. The topological polar surface area (TPSA) is 43.9 Å². The van der Waals surface area contributed by atoms with Crippen LogP contribution in [-0.2, 0) is 26.5 Å². The number of hydrogen-bond acceptors (Lipinski definition) is 3. The number of rotatable bonds is 8. The Hall–Kier alpha value is -6.37. The van der Waals surface area contributed by atoms with Crippen LogP contribution in [0.2, 0.25) is 17.3 Å². The van der Waals surface area contributed by atoms with Gasteiger partial charge >= 0.3 is 126 Å². The number of imidazole rings is 1. The van der Waals surface area contributed by atoms with Gasteiger partial charge in [-0.3, -0.25) is 4.98 Å². The molecule has 8 aromatic carbocycles. The van der Waals surface area contributed by atoms with E-state index in [1.165, 1.54) is 10.9 Å². The third kappa shape index (κ3) is 8.77. The van der Waals surface area contributed by atoms with Gasteiger partial charge in [-0.15, -0.1) is 23.8 Å². The second-order valence-electron chi connectivity index (χ2n) is 17.9. The number of nitrogens with zero attached hydrogens (tertiary/aromatic N) is 3. The fourth-order valence-electron chi connectivity index (χ4n) is 9.00. The zero-order valence-electron chi connectivity index (χ0n) is 37.3. The summed E-state index contributed by atoms with van der Waals surface area (Å²) in [6.07, 6.45) is 3.27. The average molecular weight is 1080 g/mol. The normalized spacial score (nSPS) is 11.5. The predicted octanol–water partition coefficient (Wildman–Crippen LogP) is 15.2. The summed E-state index contributed by atoms with van der Waals surface area (Å²) in [6, 6.07) is 70.2. The van der Waals surface area contributed by atoms with Gasteiger partial charge in [-0.05, 0) is 28.6 Å². The van der Waals surface area contributed by atoms with Crippen molar-refractivity contribution in [1.82, 2.24) is 14.5 Å². The molecule has 321 valence electrons. The minimum Gasteiger partial charge on any atom is -0.500 e. The van der Waals surface area contributed by atoms with Crippen molar-refractivity contribution in [1.29, 1.82) is 0 Å². The largest absolute Gasteiger partial charge is 0.500 e. The fourth-order valence-corrected chi connectivity index (χ4v) is 12.3. The molecule has 0 N–H and O–H groups in total. The Balaban J connectivity index is 0.000000215. The van der Waals surface area contributed by atoms with Crippen molar-refractivity contribution in [2.75, 3.05) is 0 Å². The summed E-state index contributed by atoms with van der Waals surface area (Å²) in [5, 5.41) is 4.46. The summed E-state index contributed by atoms with van der Waals surface area (Å²) >= 11 is -1.86. The van der Waals surface area contributed by atoms with Crippen LogP contribution in [0.15, 0.2) is 193 Å². The Morgan fingerprint density at radius 3 is 1.95 bits per heavy atom. The van der Waals surface area contributed by atoms with Gasteiger partial charge in [0.05, 0.1) is 28.1 Å². The molecule has 0 aliphatic rings. The summed E-state index contributed by atoms with van der Waals surface area (Å²) in [4.78, 5) is 10.1. The minimum atomic E-state index is -1.86. The summed E-state index contributed by atoms with van der Waals surface area (Å²) in [5.41, 5.74) is 13.9. The molecule has 11 rings (SSSR count). The van der Waals surface area contributed by atoms with Crippen LogP contribution in [0.3, 0.4) is 0 Å². The predicted molar refractivity (Wildman–Crippen MR) is 271 cm³/mol. The van der Waals surface area contributed by atoms with Crippen molar-refractivity contribution < 1.29 is 24.5 Å². The van der Waals surface area contributed by atoms with Crippen LogP contribution in [0, 0.1) is 18.1 Å². The van der Waals surface area contributed by atoms with E-state index >= 15 is 0 Å². The van der Waals surface area contributed by atoms with Crippen LogP contribution in [-0.4, -0.2) is 27.8 Å². The molecule has 3 aromatic heterocycles. The SMILES string of the molecule is CC(C)Cc1cc(-c2[c-]cccc2)nc[c]1[Ge]([CH3])([CH3])[CH3].[Ir].[c-]1cc2oc3ccccc3c2cc1-c1nc2ccc3ccccc3c2n1-c1c(-c2ccccc2)cccc1-c1ccccc1. The number of fused-ring (bicyclic) bond motifs is 6. The first-order valence-corrected chi connectivity index (χ1v) is 29.5. The zero-order chi connectivity index (χ0) is 43.8. The van der Waals surface area contributed by atoms with Crippen molar-refractivity contribution in [2.24, 2.45) is 5.92 Å².